The third-order valence-electron chi connectivity index (χ3n) is 2.21. The molecule has 0 unspecified atom stereocenters. The van der Waals surface area contributed by atoms with Crippen LogP contribution in [0.1, 0.15) is 24.7 Å². The fraction of sp³-hybridized carbons (Fsp3) is 0.333. The minimum atomic E-state index is -4.48. The molecular formula is C12H12F3N3O. The van der Waals surface area contributed by atoms with Gasteiger partial charge in [-0.05, 0) is 24.6 Å². The highest BCUT2D eigenvalue weighted by atomic mass is 19.4. The van der Waals surface area contributed by atoms with Gasteiger partial charge in [0, 0.05) is 12.2 Å². The average molecular weight is 271 g/mol. The summed E-state index contributed by atoms with van der Waals surface area (Å²) in [6, 6.07) is 3.67. The topological polar surface area (TPSA) is 68.7 Å². The number of nitriles is 1. The minimum Gasteiger partial charge on any atom is -0.351 e. The number of aromatic nitrogens is 1. The number of carbonyl (C=O) groups is 1. The normalized spacial score (nSPS) is 12.1. The molecule has 0 radical (unpaired) electrons. The number of hydrogen-bond acceptors (Lipinski definition) is 2. The molecule has 0 atom stereocenters. The zero-order valence-electron chi connectivity index (χ0n) is 10.1. The molecule has 0 spiro atoms. The molecule has 0 bridgehead atoms. The first-order chi connectivity index (χ1) is 8.88. The number of amides is 1. The molecule has 1 rings (SSSR count). The first-order valence-corrected chi connectivity index (χ1v) is 5.54. The number of alkyl halides is 3. The molecule has 1 aromatic rings. The van der Waals surface area contributed by atoms with Crippen LogP contribution in [-0.4, -0.2) is 17.4 Å². The van der Waals surface area contributed by atoms with Gasteiger partial charge in [0.15, 0.2) is 0 Å². The van der Waals surface area contributed by atoms with Crippen molar-refractivity contribution in [3.05, 3.63) is 29.1 Å². The SMILES string of the molecule is CCCNC(=O)C(C#N)=Cc1ccc(C(F)(F)F)[nH]1. The molecule has 1 amide bonds. The van der Waals surface area contributed by atoms with Crippen LogP contribution in [-0.2, 0) is 11.0 Å². The van der Waals surface area contributed by atoms with Crippen molar-refractivity contribution in [2.24, 2.45) is 0 Å². The minimum absolute atomic E-state index is 0.0514. The van der Waals surface area contributed by atoms with Crippen molar-refractivity contribution in [2.75, 3.05) is 6.54 Å². The fourth-order valence-electron chi connectivity index (χ4n) is 1.30. The van der Waals surface area contributed by atoms with Crippen LogP contribution in [0.2, 0.25) is 0 Å². The van der Waals surface area contributed by atoms with E-state index in [1.807, 2.05) is 6.92 Å². The zero-order chi connectivity index (χ0) is 14.5. The quantitative estimate of drug-likeness (QED) is 0.652. The third-order valence-corrected chi connectivity index (χ3v) is 2.21. The first kappa shape index (κ1) is 14.8. The van der Waals surface area contributed by atoms with Crippen LogP contribution in [0.5, 0.6) is 0 Å². The Bertz CT molecular complexity index is 523. The van der Waals surface area contributed by atoms with E-state index < -0.39 is 17.8 Å². The van der Waals surface area contributed by atoms with Gasteiger partial charge in [0.2, 0.25) is 0 Å². The fourth-order valence-corrected chi connectivity index (χ4v) is 1.30. The smallest absolute Gasteiger partial charge is 0.351 e. The van der Waals surface area contributed by atoms with E-state index in [9.17, 15) is 18.0 Å². The van der Waals surface area contributed by atoms with Crippen molar-refractivity contribution in [3.8, 4) is 6.07 Å². The maximum absolute atomic E-state index is 12.3. The summed E-state index contributed by atoms with van der Waals surface area (Å²) < 4.78 is 37.0. The Kier molecular flexibility index (Phi) is 4.75. The Labute approximate surface area is 107 Å². The summed E-state index contributed by atoms with van der Waals surface area (Å²) in [5.41, 5.74) is -1.12. The van der Waals surface area contributed by atoms with Gasteiger partial charge in [-0.2, -0.15) is 18.4 Å². The molecule has 19 heavy (non-hydrogen) atoms. The number of nitrogens with one attached hydrogen (secondary N) is 2. The highest BCUT2D eigenvalue weighted by Gasteiger charge is 2.32. The van der Waals surface area contributed by atoms with E-state index in [2.05, 4.69) is 10.3 Å². The maximum Gasteiger partial charge on any atom is 0.431 e. The van der Waals surface area contributed by atoms with Crippen molar-refractivity contribution < 1.29 is 18.0 Å². The molecule has 0 aliphatic rings. The van der Waals surface area contributed by atoms with Gasteiger partial charge in [-0.25, -0.2) is 0 Å². The van der Waals surface area contributed by atoms with Crippen LogP contribution in [0.15, 0.2) is 17.7 Å². The molecule has 102 valence electrons. The molecule has 0 saturated heterocycles. The van der Waals surface area contributed by atoms with Gasteiger partial charge < -0.3 is 10.3 Å². The summed E-state index contributed by atoms with van der Waals surface area (Å²) in [7, 11) is 0. The largest absolute Gasteiger partial charge is 0.431 e. The lowest BCUT2D eigenvalue weighted by atomic mass is 10.2. The third kappa shape index (κ3) is 4.17. The number of rotatable bonds is 4. The van der Waals surface area contributed by atoms with Gasteiger partial charge in [-0.15, -0.1) is 0 Å². The molecule has 0 aliphatic heterocycles. The number of H-pyrrole nitrogens is 1. The van der Waals surface area contributed by atoms with Crippen LogP contribution in [0.3, 0.4) is 0 Å². The van der Waals surface area contributed by atoms with Crippen LogP contribution in [0.25, 0.3) is 6.08 Å². The van der Waals surface area contributed by atoms with Crippen molar-refractivity contribution >= 4 is 12.0 Å². The lowest BCUT2D eigenvalue weighted by Crippen LogP contribution is -2.25. The first-order valence-electron chi connectivity index (χ1n) is 5.54. The lowest BCUT2D eigenvalue weighted by molar-refractivity contribution is -0.140. The van der Waals surface area contributed by atoms with E-state index in [4.69, 9.17) is 5.26 Å². The predicted molar refractivity (Wildman–Crippen MR) is 62.7 cm³/mol. The summed E-state index contributed by atoms with van der Waals surface area (Å²) in [6.07, 6.45) is -2.70. The average Bonchev–Trinajstić information content (AvgIpc) is 2.81. The monoisotopic (exact) mass is 271 g/mol. The van der Waals surface area contributed by atoms with Crippen molar-refractivity contribution in [3.63, 3.8) is 0 Å². The van der Waals surface area contributed by atoms with Crippen molar-refractivity contribution in [2.45, 2.75) is 19.5 Å². The summed E-state index contributed by atoms with van der Waals surface area (Å²) >= 11 is 0. The van der Waals surface area contributed by atoms with Crippen molar-refractivity contribution in [1.82, 2.24) is 10.3 Å². The van der Waals surface area contributed by atoms with E-state index in [1.165, 1.54) is 0 Å². The molecular weight excluding hydrogens is 259 g/mol. The number of carbonyl (C=O) groups excluding carboxylic acids is 1. The summed E-state index contributed by atoms with van der Waals surface area (Å²) in [5.74, 6) is -0.604. The number of aromatic amines is 1. The van der Waals surface area contributed by atoms with Gasteiger partial charge >= 0.3 is 6.18 Å². The zero-order valence-corrected chi connectivity index (χ0v) is 10.1. The Morgan fingerprint density at radius 1 is 1.53 bits per heavy atom. The summed E-state index contributed by atoms with van der Waals surface area (Å²) in [5, 5.41) is 11.3. The molecule has 1 heterocycles. The molecule has 0 aliphatic carbocycles. The summed E-state index contributed by atoms with van der Waals surface area (Å²) in [4.78, 5) is 13.6. The predicted octanol–water partition coefficient (Wildman–Crippen LogP) is 2.47. The lowest BCUT2D eigenvalue weighted by Gasteiger charge is -2.02. The highest BCUT2D eigenvalue weighted by Crippen LogP contribution is 2.28. The second-order valence-electron chi connectivity index (χ2n) is 3.75. The van der Waals surface area contributed by atoms with Crippen LogP contribution in [0, 0.1) is 11.3 Å². The van der Waals surface area contributed by atoms with Crippen molar-refractivity contribution in [1.29, 1.82) is 5.26 Å². The van der Waals surface area contributed by atoms with E-state index >= 15 is 0 Å². The van der Waals surface area contributed by atoms with E-state index in [0.717, 1.165) is 18.2 Å². The Hall–Kier alpha value is -2.23. The molecule has 0 fully saturated rings. The highest BCUT2D eigenvalue weighted by molar-refractivity contribution is 6.01. The number of halogens is 3. The second kappa shape index (κ2) is 6.09. The maximum atomic E-state index is 12.3. The standard InChI is InChI=1S/C12H12F3N3O/c1-2-5-17-11(19)8(7-16)6-9-3-4-10(18-9)12(13,14)15/h3-4,6,18H,2,5H2,1H3,(H,17,19). The summed E-state index contributed by atoms with van der Waals surface area (Å²) in [6.45, 7) is 2.24. The van der Waals surface area contributed by atoms with Gasteiger partial charge in [-0.1, -0.05) is 6.92 Å². The Morgan fingerprint density at radius 3 is 2.68 bits per heavy atom. The molecule has 0 saturated carbocycles. The molecule has 1 aromatic heterocycles. The Morgan fingerprint density at radius 2 is 2.21 bits per heavy atom. The van der Waals surface area contributed by atoms with E-state index in [-0.39, 0.29) is 11.3 Å². The van der Waals surface area contributed by atoms with Crippen LogP contribution < -0.4 is 5.32 Å². The van der Waals surface area contributed by atoms with E-state index in [0.29, 0.717) is 13.0 Å². The number of hydrogen-bond donors (Lipinski definition) is 2. The van der Waals surface area contributed by atoms with Crippen LogP contribution in [0.4, 0.5) is 13.2 Å². The molecule has 2 N–H and O–H groups in total. The second-order valence-corrected chi connectivity index (χ2v) is 3.75. The van der Waals surface area contributed by atoms with E-state index in [1.54, 1.807) is 6.07 Å². The van der Waals surface area contributed by atoms with Gasteiger partial charge in [0.1, 0.15) is 17.3 Å². The van der Waals surface area contributed by atoms with Gasteiger partial charge in [0.05, 0.1) is 0 Å². The molecule has 4 nitrogen and oxygen atoms in total. The van der Waals surface area contributed by atoms with Gasteiger partial charge in [-0.3, -0.25) is 4.79 Å². The Balaban J connectivity index is 2.90. The van der Waals surface area contributed by atoms with Gasteiger partial charge in [0.25, 0.3) is 5.91 Å². The van der Waals surface area contributed by atoms with Crippen LogP contribution >= 0.6 is 0 Å². The molecule has 7 heteroatoms. The number of nitrogens with zero attached hydrogens (tertiary/aromatic N) is 1. The molecule has 0 aromatic carbocycles.